The van der Waals surface area contributed by atoms with Gasteiger partial charge in [0.15, 0.2) is 11.5 Å². The maximum absolute atomic E-state index is 11.0. The first-order valence-electron chi connectivity index (χ1n) is 11.2. The van der Waals surface area contributed by atoms with Gasteiger partial charge in [-0.2, -0.15) is 0 Å². The van der Waals surface area contributed by atoms with Crippen LogP contribution in [0.2, 0.25) is 0 Å². The molecule has 6 nitrogen and oxygen atoms in total. The third-order valence-electron chi connectivity index (χ3n) is 6.13. The maximum Gasteiger partial charge on any atom is 0.182 e. The van der Waals surface area contributed by atoms with Crippen molar-refractivity contribution in [2.45, 2.75) is 25.4 Å². The zero-order valence-corrected chi connectivity index (χ0v) is 18.8. The minimum Gasteiger partial charge on any atom is -0.504 e. The zero-order valence-electron chi connectivity index (χ0n) is 18.8. The molecule has 6 heteroatoms. The fourth-order valence-corrected chi connectivity index (χ4v) is 4.33. The number of aromatic hydroxyl groups is 2. The molecule has 3 aromatic carbocycles. The van der Waals surface area contributed by atoms with Crippen molar-refractivity contribution < 1.29 is 20.1 Å². The Morgan fingerprint density at radius 2 is 1.59 bits per heavy atom. The van der Waals surface area contributed by atoms with Gasteiger partial charge in [0, 0.05) is 31.4 Å². The van der Waals surface area contributed by atoms with Gasteiger partial charge in [0.05, 0.1) is 11.8 Å². The lowest BCUT2D eigenvalue weighted by molar-refractivity contribution is 0.145. The van der Waals surface area contributed by atoms with Crippen molar-refractivity contribution in [1.82, 2.24) is 4.90 Å². The van der Waals surface area contributed by atoms with Crippen LogP contribution in [0.15, 0.2) is 48.5 Å². The number of aliphatic hydroxyl groups excluding tert-OH is 1. The van der Waals surface area contributed by atoms with E-state index in [1.165, 1.54) is 0 Å². The Labute approximate surface area is 189 Å². The van der Waals surface area contributed by atoms with Crippen molar-refractivity contribution in [3.63, 3.8) is 0 Å². The van der Waals surface area contributed by atoms with Crippen molar-refractivity contribution in [3.05, 3.63) is 59.7 Å². The van der Waals surface area contributed by atoms with Crippen LogP contribution in [0.1, 0.15) is 24.0 Å². The highest BCUT2D eigenvalue weighted by Gasteiger charge is 2.26. The van der Waals surface area contributed by atoms with E-state index in [0.717, 1.165) is 28.8 Å². The lowest BCUT2D eigenvalue weighted by Crippen LogP contribution is -2.36. The molecule has 170 valence electrons. The Balaban J connectivity index is 1.68. The summed E-state index contributed by atoms with van der Waals surface area (Å²) >= 11 is 0. The molecule has 0 saturated carbocycles. The Bertz CT molecular complexity index is 1060. The van der Waals surface area contributed by atoms with Crippen molar-refractivity contribution in [1.29, 1.82) is 0 Å². The molecule has 1 heterocycles. The number of fused-ring (bicyclic) bond motifs is 1. The van der Waals surface area contributed by atoms with E-state index in [4.69, 9.17) is 4.74 Å². The number of anilines is 1. The third-order valence-corrected chi connectivity index (χ3v) is 6.13. The van der Waals surface area contributed by atoms with E-state index in [0.29, 0.717) is 50.0 Å². The van der Waals surface area contributed by atoms with Gasteiger partial charge in [0.25, 0.3) is 0 Å². The van der Waals surface area contributed by atoms with Gasteiger partial charge in [-0.3, -0.25) is 0 Å². The molecule has 32 heavy (non-hydrogen) atoms. The van der Waals surface area contributed by atoms with E-state index < -0.39 is 0 Å². The van der Waals surface area contributed by atoms with Crippen LogP contribution in [0.4, 0.5) is 5.69 Å². The molecule has 0 bridgehead atoms. The number of rotatable bonds is 7. The summed E-state index contributed by atoms with van der Waals surface area (Å²) in [6, 6.07) is 15.7. The molecule has 0 radical (unpaired) electrons. The summed E-state index contributed by atoms with van der Waals surface area (Å²) in [5.41, 5.74) is 2.74. The zero-order chi connectivity index (χ0) is 22.7. The van der Waals surface area contributed by atoms with Gasteiger partial charge in [-0.1, -0.05) is 36.4 Å². The Morgan fingerprint density at radius 1 is 0.938 bits per heavy atom. The van der Waals surface area contributed by atoms with E-state index in [1.807, 2.05) is 62.6 Å². The molecule has 3 aromatic rings. The number of hydrogen-bond acceptors (Lipinski definition) is 6. The van der Waals surface area contributed by atoms with Crippen molar-refractivity contribution in [2.75, 3.05) is 45.2 Å². The highest BCUT2D eigenvalue weighted by atomic mass is 16.5. The number of aliphatic hydroxyl groups is 1. The van der Waals surface area contributed by atoms with Crippen molar-refractivity contribution in [2.24, 2.45) is 0 Å². The Hall–Kier alpha value is -2.96. The normalized spacial score (nSPS) is 14.9. The lowest BCUT2D eigenvalue weighted by atomic mass is 9.93. The number of hydrogen-bond donors (Lipinski definition) is 3. The number of nitrogens with zero attached hydrogens (tertiary/aromatic N) is 2. The minimum absolute atomic E-state index is 0.0845. The van der Waals surface area contributed by atoms with Crippen molar-refractivity contribution >= 4 is 16.5 Å². The van der Waals surface area contributed by atoms with E-state index in [-0.39, 0.29) is 17.6 Å². The lowest BCUT2D eigenvalue weighted by Gasteiger charge is -2.34. The summed E-state index contributed by atoms with van der Waals surface area (Å²) in [7, 11) is 4.04. The number of piperidine rings is 1. The van der Waals surface area contributed by atoms with Crippen LogP contribution in [0.5, 0.6) is 17.2 Å². The first-order chi connectivity index (χ1) is 15.4. The van der Waals surface area contributed by atoms with Gasteiger partial charge in [0.1, 0.15) is 12.4 Å². The minimum atomic E-state index is -0.314. The molecular weight excluding hydrogens is 404 g/mol. The van der Waals surface area contributed by atoms with Gasteiger partial charge >= 0.3 is 0 Å². The standard InChI is InChI=1S/C26H32N2O4/c1-27(2)15-16-32-20-9-7-18(8-10-20)17-23-21-5-3-4-6-22(21)25(30)26(31)24(23)28-13-11-19(29)12-14-28/h3-10,19,29-31H,11-17H2,1-2H3. The summed E-state index contributed by atoms with van der Waals surface area (Å²) in [6.07, 6.45) is 1.59. The molecule has 0 spiro atoms. The summed E-state index contributed by atoms with van der Waals surface area (Å²) in [5.74, 6) is 0.660. The van der Waals surface area contributed by atoms with Gasteiger partial charge < -0.3 is 29.9 Å². The SMILES string of the molecule is CN(C)CCOc1ccc(Cc2c(N3CCC(O)CC3)c(O)c(O)c3ccccc23)cc1. The van der Waals surface area contributed by atoms with Gasteiger partial charge in [0.2, 0.25) is 0 Å². The second-order valence-corrected chi connectivity index (χ2v) is 8.76. The maximum atomic E-state index is 11.0. The van der Waals surface area contributed by atoms with E-state index in [1.54, 1.807) is 0 Å². The average Bonchev–Trinajstić information content (AvgIpc) is 2.79. The Kier molecular flexibility index (Phi) is 6.72. The number of ether oxygens (including phenoxy) is 1. The predicted octanol–water partition coefficient (Wildman–Crippen LogP) is 3.74. The van der Waals surface area contributed by atoms with Crippen molar-refractivity contribution in [3.8, 4) is 17.2 Å². The van der Waals surface area contributed by atoms with Gasteiger partial charge in [-0.05, 0) is 55.6 Å². The summed E-state index contributed by atoms with van der Waals surface area (Å²) in [5, 5.41) is 33.2. The van der Waals surface area contributed by atoms with Gasteiger partial charge in [-0.15, -0.1) is 0 Å². The first kappa shape index (κ1) is 22.2. The number of phenols is 2. The van der Waals surface area contributed by atoms with E-state index in [9.17, 15) is 15.3 Å². The highest BCUT2D eigenvalue weighted by molar-refractivity contribution is 5.99. The molecule has 3 N–H and O–H groups in total. The Morgan fingerprint density at radius 3 is 2.25 bits per heavy atom. The van der Waals surface area contributed by atoms with Crippen LogP contribution in [0, 0.1) is 0 Å². The second kappa shape index (κ2) is 9.67. The van der Waals surface area contributed by atoms with Crippen LogP contribution in [-0.2, 0) is 6.42 Å². The monoisotopic (exact) mass is 436 g/mol. The van der Waals surface area contributed by atoms with Crippen LogP contribution in [-0.4, -0.2) is 66.7 Å². The first-order valence-corrected chi connectivity index (χ1v) is 11.2. The topological polar surface area (TPSA) is 76.4 Å². The molecule has 0 unspecified atom stereocenters. The molecular formula is C26H32N2O4. The number of likely N-dealkylation sites (N-methyl/N-ethyl adjacent to an activating group) is 1. The average molecular weight is 437 g/mol. The second-order valence-electron chi connectivity index (χ2n) is 8.76. The summed E-state index contributed by atoms with van der Waals surface area (Å²) in [4.78, 5) is 4.17. The molecule has 0 amide bonds. The third kappa shape index (κ3) is 4.76. The largest absolute Gasteiger partial charge is 0.504 e. The van der Waals surface area contributed by atoms with E-state index in [2.05, 4.69) is 9.80 Å². The molecule has 4 rings (SSSR count). The molecule has 0 aromatic heterocycles. The number of benzene rings is 3. The van der Waals surface area contributed by atoms with Gasteiger partial charge in [-0.25, -0.2) is 0 Å². The fourth-order valence-electron chi connectivity index (χ4n) is 4.33. The quantitative estimate of drug-likeness (QED) is 0.490. The van der Waals surface area contributed by atoms with Crippen LogP contribution in [0.25, 0.3) is 10.8 Å². The molecule has 0 atom stereocenters. The molecule has 0 aliphatic carbocycles. The predicted molar refractivity (Wildman–Crippen MR) is 128 cm³/mol. The molecule has 1 saturated heterocycles. The van der Waals surface area contributed by atoms with Crippen LogP contribution >= 0.6 is 0 Å². The molecule has 1 fully saturated rings. The number of phenolic OH excluding ortho intramolecular Hbond substituents is 2. The van der Waals surface area contributed by atoms with Crippen LogP contribution < -0.4 is 9.64 Å². The molecule has 1 aliphatic heterocycles. The van der Waals surface area contributed by atoms with E-state index >= 15 is 0 Å². The van der Waals surface area contributed by atoms with Crippen LogP contribution in [0.3, 0.4) is 0 Å². The summed E-state index contributed by atoms with van der Waals surface area (Å²) in [6.45, 7) is 2.76. The molecule has 1 aliphatic rings. The highest BCUT2D eigenvalue weighted by Crippen LogP contribution is 2.47. The smallest absolute Gasteiger partial charge is 0.182 e. The summed E-state index contributed by atoms with van der Waals surface area (Å²) < 4.78 is 5.81. The fraction of sp³-hybridized carbons (Fsp3) is 0.385.